The molecule has 1 aliphatic rings. The number of hydrogen-bond donors (Lipinski definition) is 2. The molecule has 0 radical (unpaired) electrons. The van der Waals surface area contributed by atoms with Crippen molar-refractivity contribution < 1.29 is 0 Å². The van der Waals surface area contributed by atoms with E-state index in [1.54, 1.807) is 0 Å². The average Bonchev–Trinajstić information content (AvgIpc) is 2.78. The monoisotopic (exact) mass is 330 g/mol. The Bertz CT molecular complexity index is 417. The maximum atomic E-state index is 5.76. The molecule has 1 heterocycles. The molecule has 0 saturated carbocycles. The summed E-state index contributed by atoms with van der Waals surface area (Å²) in [7, 11) is 0. The molecule has 0 aromatic heterocycles. The molecule has 2 rings (SSSR count). The Hall–Kier alpha value is -0.260. The van der Waals surface area contributed by atoms with Crippen LogP contribution in [0.1, 0.15) is 12.0 Å². The van der Waals surface area contributed by atoms with Crippen molar-refractivity contribution in [2.24, 2.45) is 11.7 Å². The third-order valence-corrected chi connectivity index (χ3v) is 4.96. The first-order chi connectivity index (χ1) is 8.18. The molecule has 1 unspecified atom stereocenters. The largest absolute Gasteiger partial charge is 0.389 e. The fourth-order valence-corrected chi connectivity index (χ4v) is 4.14. The fraction of sp³-hybridized carbons (Fsp3) is 0.417. The SMILES string of the molecule is NC(=S)c1c(Br)cccc1NCC1CCSC1. The molecule has 1 saturated heterocycles. The molecule has 0 amide bonds. The minimum Gasteiger partial charge on any atom is -0.389 e. The third-order valence-electron chi connectivity index (χ3n) is 2.87. The molecule has 1 aromatic carbocycles. The number of thioether (sulfide) groups is 1. The van der Waals surface area contributed by atoms with E-state index in [1.807, 2.05) is 30.0 Å². The van der Waals surface area contributed by atoms with Crippen LogP contribution in [0.5, 0.6) is 0 Å². The van der Waals surface area contributed by atoms with Crippen LogP contribution >= 0.6 is 39.9 Å². The number of thiocarbonyl (C=S) groups is 1. The summed E-state index contributed by atoms with van der Waals surface area (Å²) in [6, 6.07) is 5.99. The lowest BCUT2D eigenvalue weighted by Crippen LogP contribution is -2.18. The van der Waals surface area contributed by atoms with E-state index in [-0.39, 0.29) is 0 Å². The van der Waals surface area contributed by atoms with Gasteiger partial charge in [0.25, 0.3) is 0 Å². The highest BCUT2D eigenvalue weighted by Crippen LogP contribution is 2.27. The second-order valence-electron chi connectivity index (χ2n) is 4.14. The van der Waals surface area contributed by atoms with Crippen molar-refractivity contribution in [3.63, 3.8) is 0 Å². The van der Waals surface area contributed by atoms with Crippen molar-refractivity contribution >= 4 is 50.6 Å². The van der Waals surface area contributed by atoms with Crippen LogP contribution in [0.15, 0.2) is 22.7 Å². The first kappa shape index (κ1) is 13.2. The maximum absolute atomic E-state index is 5.76. The molecule has 2 nitrogen and oxygen atoms in total. The van der Waals surface area contributed by atoms with Gasteiger partial charge in [0, 0.05) is 22.3 Å². The lowest BCUT2D eigenvalue weighted by Gasteiger charge is -2.15. The van der Waals surface area contributed by atoms with E-state index in [1.165, 1.54) is 17.9 Å². The molecule has 5 heteroatoms. The summed E-state index contributed by atoms with van der Waals surface area (Å²) in [6.07, 6.45) is 1.30. The maximum Gasteiger partial charge on any atom is 0.107 e. The van der Waals surface area contributed by atoms with Crippen molar-refractivity contribution in [3.05, 3.63) is 28.2 Å². The van der Waals surface area contributed by atoms with Gasteiger partial charge in [0.15, 0.2) is 0 Å². The van der Waals surface area contributed by atoms with Crippen molar-refractivity contribution in [1.82, 2.24) is 0 Å². The zero-order valence-electron chi connectivity index (χ0n) is 9.41. The average molecular weight is 331 g/mol. The van der Waals surface area contributed by atoms with Crippen LogP contribution in [-0.4, -0.2) is 23.0 Å². The molecule has 0 aliphatic carbocycles. The molecule has 1 fully saturated rings. The normalized spacial score (nSPS) is 19.2. The highest BCUT2D eigenvalue weighted by molar-refractivity contribution is 9.10. The Balaban J connectivity index is 2.09. The van der Waals surface area contributed by atoms with E-state index >= 15 is 0 Å². The van der Waals surface area contributed by atoms with Gasteiger partial charge in [0.05, 0.1) is 0 Å². The van der Waals surface area contributed by atoms with Crippen molar-refractivity contribution in [2.45, 2.75) is 6.42 Å². The lowest BCUT2D eigenvalue weighted by molar-refractivity contribution is 0.632. The Morgan fingerprint density at radius 3 is 3.06 bits per heavy atom. The van der Waals surface area contributed by atoms with Gasteiger partial charge in [-0.25, -0.2) is 0 Å². The van der Waals surface area contributed by atoms with E-state index in [4.69, 9.17) is 18.0 Å². The molecule has 1 atom stereocenters. The number of anilines is 1. The van der Waals surface area contributed by atoms with Crippen molar-refractivity contribution in [1.29, 1.82) is 0 Å². The predicted octanol–water partition coefficient (Wildman–Crippen LogP) is 3.25. The minimum absolute atomic E-state index is 0.431. The summed E-state index contributed by atoms with van der Waals surface area (Å²) in [4.78, 5) is 0.431. The van der Waals surface area contributed by atoms with E-state index in [0.29, 0.717) is 4.99 Å². The summed E-state index contributed by atoms with van der Waals surface area (Å²) in [6.45, 7) is 0.999. The Morgan fingerprint density at radius 2 is 2.41 bits per heavy atom. The lowest BCUT2D eigenvalue weighted by atomic mass is 10.1. The molecular weight excluding hydrogens is 316 g/mol. The van der Waals surface area contributed by atoms with Gasteiger partial charge >= 0.3 is 0 Å². The molecule has 92 valence electrons. The second-order valence-corrected chi connectivity index (χ2v) is 6.58. The predicted molar refractivity (Wildman–Crippen MR) is 84.0 cm³/mol. The number of nitrogens with one attached hydrogen (secondary N) is 1. The van der Waals surface area contributed by atoms with Gasteiger partial charge in [0.2, 0.25) is 0 Å². The molecular formula is C12H15BrN2S2. The van der Waals surface area contributed by atoms with Crippen molar-refractivity contribution in [3.8, 4) is 0 Å². The van der Waals surface area contributed by atoms with Crippen molar-refractivity contribution in [2.75, 3.05) is 23.4 Å². The number of halogens is 1. The van der Waals surface area contributed by atoms with Crippen LogP contribution in [0, 0.1) is 5.92 Å². The highest BCUT2D eigenvalue weighted by Gasteiger charge is 2.16. The van der Waals surface area contributed by atoms with Crippen LogP contribution in [0.4, 0.5) is 5.69 Å². The van der Waals surface area contributed by atoms with E-state index in [9.17, 15) is 0 Å². The summed E-state index contributed by atoms with van der Waals surface area (Å²) in [5.41, 5.74) is 7.70. The second kappa shape index (κ2) is 6.07. The Morgan fingerprint density at radius 1 is 1.59 bits per heavy atom. The zero-order valence-corrected chi connectivity index (χ0v) is 12.6. The highest BCUT2D eigenvalue weighted by atomic mass is 79.9. The molecule has 0 bridgehead atoms. The molecule has 3 N–H and O–H groups in total. The van der Waals surface area contributed by atoms with Gasteiger partial charge in [-0.05, 0) is 51.9 Å². The number of benzene rings is 1. The zero-order chi connectivity index (χ0) is 12.3. The first-order valence-electron chi connectivity index (χ1n) is 5.58. The first-order valence-corrected chi connectivity index (χ1v) is 7.94. The van der Waals surface area contributed by atoms with Crippen LogP contribution in [0.2, 0.25) is 0 Å². The summed E-state index contributed by atoms with van der Waals surface area (Å²) in [5, 5.41) is 3.47. The molecule has 0 spiro atoms. The standard InChI is InChI=1S/C12H15BrN2S2/c13-9-2-1-3-10(11(9)12(14)16)15-6-8-4-5-17-7-8/h1-3,8,15H,4-7H2,(H2,14,16). The molecule has 1 aromatic rings. The topological polar surface area (TPSA) is 38.0 Å². The summed E-state index contributed by atoms with van der Waals surface area (Å²) >= 11 is 10.6. The van der Waals surface area contributed by atoms with Crippen LogP contribution in [0.25, 0.3) is 0 Å². The van der Waals surface area contributed by atoms with Gasteiger partial charge in [-0.2, -0.15) is 11.8 Å². The van der Waals surface area contributed by atoms with E-state index < -0.39 is 0 Å². The number of rotatable bonds is 4. The quantitative estimate of drug-likeness (QED) is 0.831. The van der Waals surface area contributed by atoms with Gasteiger partial charge < -0.3 is 11.1 Å². The van der Waals surface area contributed by atoms with Gasteiger partial charge in [-0.15, -0.1) is 0 Å². The Kier molecular flexibility index (Phi) is 4.70. The van der Waals surface area contributed by atoms with Crippen LogP contribution < -0.4 is 11.1 Å². The van der Waals surface area contributed by atoms with Crippen LogP contribution in [0.3, 0.4) is 0 Å². The molecule has 1 aliphatic heterocycles. The minimum atomic E-state index is 0.431. The number of nitrogens with two attached hydrogens (primary N) is 1. The van der Waals surface area contributed by atoms with Gasteiger partial charge in [-0.1, -0.05) is 18.3 Å². The summed E-state index contributed by atoms with van der Waals surface area (Å²) in [5.74, 6) is 3.30. The Labute approximate surface area is 120 Å². The van der Waals surface area contributed by atoms with E-state index in [0.717, 1.165) is 28.2 Å². The third kappa shape index (κ3) is 3.36. The fourth-order valence-electron chi connectivity index (χ4n) is 1.92. The number of hydrogen-bond acceptors (Lipinski definition) is 3. The van der Waals surface area contributed by atoms with Gasteiger partial charge in [-0.3, -0.25) is 0 Å². The van der Waals surface area contributed by atoms with Gasteiger partial charge in [0.1, 0.15) is 4.99 Å². The van der Waals surface area contributed by atoms with E-state index in [2.05, 4.69) is 21.2 Å². The smallest absolute Gasteiger partial charge is 0.107 e. The summed E-state index contributed by atoms with van der Waals surface area (Å²) < 4.78 is 0.954. The molecule has 17 heavy (non-hydrogen) atoms. The van der Waals surface area contributed by atoms with Crippen LogP contribution in [-0.2, 0) is 0 Å².